The molecule has 0 spiro atoms. The maximum atomic E-state index is 11.4. The van der Waals surface area contributed by atoms with Crippen LogP contribution in [0.15, 0.2) is 4.79 Å². The van der Waals surface area contributed by atoms with Crippen LogP contribution in [-0.4, -0.2) is 27.1 Å². The van der Waals surface area contributed by atoms with Crippen LogP contribution in [-0.2, 0) is 11.2 Å². The Morgan fingerprint density at radius 1 is 1.67 bits per heavy atom. The van der Waals surface area contributed by atoms with Crippen molar-refractivity contribution in [3.05, 3.63) is 21.6 Å². The lowest BCUT2D eigenvalue weighted by Crippen LogP contribution is -2.35. The zero-order valence-electron chi connectivity index (χ0n) is 8.15. The first-order chi connectivity index (χ1) is 6.91. The number of nitrogens with zero attached hydrogens (tertiary/aromatic N) is 1. The number of aryl methyl sites for hydroxylation is 1. The Kier molecular flexibility index (Phi) is 3.05. The molecule has 15 heavy (non-hydrogen) atoms. The van der Waals surface area contributed by atoms with Crippen molar-refractivity contribution in [2.24, 2.45) is 5.73 Å². The molecule has 1 aromatic heterocycles. The molecular weight excluding hydrogens is 200 g/mol. The highest BCUT2D eigenvalue weighted by Gasteiger charge is 2.16. The summed E-state index contributed by atoms with van der Waals surface area (Å²) in [4.78, 5) is 28.0. The first-order valence-corrected chi connectivity index (χ1v) is 4.25. The largest absolute Gasteiger partial charge is 0.480 e. The molecular formula is C8H12N4O3. The number of anilines is 1. The predicted octanol–water partition coefficient (Wildman–Crippen LogP) is -1.39. The van der Waals surface area contributed by atoms with E-state index < -0.39 is 17.6 Å². The highest BCUT2D eigenvalue weighted by molar-refractivity contribution is 5.73. The Balaban J connectivity index is 3.05. The zero-order valence-corrected chi connectivity index (χ0v) is 8.15. The number of nitrogens with one attached hydrogen (secondary N) is 1. The van der Waals surface area contributed by atoms with E-state index in [-0.39, 0.29) is 17.9 Å². The molecule has 0 saturated carbocycles. The van der Waals surface area contributed by atoms with Crippen LogP contribution in [0.2, 0.25) is 0 Å². The molecule has 0 aliphatic heterocycles. The lowest BCUT2D eigenvalue weighted by molar-refractivity contribution is -0.138. The van der Waals surface area contributed by atoms with E-state index >= 15 is 0 Å². The lowest BCUT2D eigenvalue weighted by Gasteiger charge is -2.07. The monoisotopic (exact) mass is 212 g/mol. The standard InChI is InChI=1S/C8H12N4O3/c1-3-4(2-5(9)7(14)15)6(13)12-8(10)11-3/h5H,2,9H2,1H3,(H,14,15)(H3,10,11,12,13). The molecule has 1 unspecified atom stereocenters. The maximum absolute atomic E-state index is 11.4. The minimum atomic E-state index is -1.16. The van der Waals surface area contributed by atoms with Crippen molar-refractivity contribution in [2.75, 3.05) is 5.73 Å². The summed E-state index contributed by atoms with van der Waals surface area (Å²) in [6.45, 7) is 1.58. The van der Waals surface area contributed by atoms with E-state index in [0.717, 1.165) is 0 Å². The molecule has 0 bridgehead atoms. The zero-order chi connectivity index (χ0) is 11.6. The number of hydrogen-bond acceptors (Lipinski definition) is 5. The smallest absolute Gasteiger partial charge is 0.320 e. The van der Waals surface area contributed by atoms with Gasteiger partial charge in [0.05, 0.1) is 0 Å². The van der Waals surface area contributed by atoms with Crippen LogP contribution in [0.4, 0.5) is 5.95 Å². The number of carbonyl (C=O) groups is 1. The molecule has 1 aromatic rings. The third-order valence-corrected chi connectivity index (χ3v) is 1.98. The van der Waals surface area contributed by atoms with Gasteiger partial charge in [-0.05, 0) is 6.92 Å². The Labute approximate surface area is 85.1 Å². The van der Waals surface area contributed by atoms with Gasteiger partial charge < -0.3 is 16.6 Å². The number of rotatable bonds is 3. The van der Waals surface area contributed by atoms with Crippen molar-refractivity contribution in [3.63, 3.8) is 0 Å². The van der Waals surface area contributed by atoms with Crippen molar-refractivity contribution in [2.45, 2.75) is 19.4 Å². The fraction of sp³-hybridized carbons (Fsp3) is 0.375. The van der Waals surface area contributed by atoms with Crippen LogP contribution >= 0.6 is 0 Å². The molecule has 1 heterocycles. The number of nitrogen functional groups attached to an aromatic ring is 1. The minimum Gasteiger partial charge on any atom is -0.480 e. The number of H-pyrrole nitrogens is 1. The molecule has 7 heteroatoms. The van der Waals surface area contributed by atoms with Crippen LogP contribution in [0.3, 0.4) is 0 Å². The van der Waals surface area contributed by atoms with Gasteiger partial charge in [0, 0.05) is 17.7 Å². The quantitative estimate of drug-likeness (QED) is 0.487. The highest BCUT2D eigenvalue weighted by atomic mass is 16.4. The second-order valence-corrected chi connectivity index (χ2v) is 3.16. The van der Waals surface area contributed by atoms with E-state index in [1.807, 2.05) is 0 Å². The van der Waals surface area contributed by atoms with Crippen LogP contribution in [0.5, 0.6) is 0 Å². The molecule has 0 radical (unpaired) electrons. The number of aliphatic carboxylic acids is 1. The van der Waals surface area contributed by atoms with E-state index in [0.29, 0.717) is 5.69 Å². The number of aromatic nitrogens is 2. The van der Waals surface area contributed by atoms with Gasteiger partial charge >= 0.3 is 5.97 Å². The topological polar surface area (TPSA) is 135 Å². The van der Waals surface area contributed by atoms with Crippen molar-refractivity contribution in [3.8, 4) is 0 Å². The molecule has 6 N–H and O–H groups in total. The van der Waals surface area contributed by atoms with E-state index in [9.17, 15) is 9.59 Å². The normalized spacial score (nSPS) is 12.4. The fourth-order valence-corrected chi connectivity index (χ4v) is 1.18. The van der Waals surface area contributed by atoms with Gasteiger partial charge in [-0.25, -0.2) is 4.98 Å². The average molecular weight is 212 g/mol. The van der Waals surface area contributed by atoms with Crippen molar-refractivity contribution >= 4 is 11.9 Å². The Morgan fingerprint density at radius 3 is 2.73 bits per heavy atom. The van der Waals surface area contributed by atoms with E-state index in [1.54, 1.807) is 6.92 Å². The summed E-state index contributed by atoms with van der Waals surface area (Å²) in [6.07, 6.45) is -0.0657. The molecule has 0 aliphatic carbocycles. The highest BCUT2D eigenvalue weighted by Crippen LogP contribution is 2.02. The fourth-order valence-electron chi connectivity index (χ4n) is 1.18. The number of carboxylic acids is 1. The first-order valence-electron chi connectivity index (χ1n) is 4.25. The van der Waals surface area contributed by atoms with E-state index in [4.69, 9.17) is 16.6 Å². The number of nitrogens with two attached hydrogens (primary N) is 2. The molecule has 82 valence electrons. The predicted molar refractivity (Wildman–Crippen MR) is 53.3 cm³/mol. The van der Waals surface area contributed by atoms with Crippen molar-refractivity contribution in [1.29, 1.82) is 0 Å². The number of aromatic amines is 1. The van der Waals surface area contributed by atoms with Crippen LogP contribution in [0, 0.1) is 6.92 Å². The minimum absolute atomic E-state index is 0.00477. The third kappa shape index (κ3) is 2.53. The Morgan fingerprint density at radius 2 is 2.27 bits per heavy atom. The Hall–Kier alpha value is -1.89. The second kappa shape index (κ2) is 4.09. The van der Waals surface area contributed by atoms with Crippen LogP contribution in [0.1, 0.15) is 11.3 Å². The molecule has 0 aliphatic rings. The first kappa shape index (κ1) is 11.2. The molecule has 0 amide bonds. The van der Waals surface area contributed by atoms with Crippen LogP contribution < -0.4 is 17.0 Å². The second-order valence-electron chi connectivity index (χ2n) is 3.16. The van der Waals surface area contributed by atoms with Gasteiger partial charge in [-0.2, -0.15) is 0 Å². The van der Waals surface area contributed by atoms with Crippen LogP contribution in [0.25, 0.3) is 0 Å². The SMILES string of the molecule is Cc1nc(N)[nH]c(=O)c1CC(N)C(=O)O. The Bertz CT molecular complexity index is 440. The summed E-state index contributed by atoms with van der Waals surface area (Å²) < 4.78 is 0. The van der Waals surface area contributed by atoms with Gasteiger partial charge in [0.15, 0.2) is 0 Å². The average Bonchev–Trinajstić information content (AvgIpc) is 2.10. The summed E-state index contributed by atoms with van der Waals surface area (Å²) in [7, 11) is 0. The summed E-state index contributed by atoms with van der Waals surface area (Å²) in [6, 6.07) is -1.12. The molecule has 0 aromatic carbocycles. The maximum Gasteiger partial charge on any atom is 0.320 e. The van der Waals surface area contributed by atoms with Gasteiger partial charge in [0.1, 0.15) is 6.04 Å². The molecule has 7 nitrogen and oxygen atoms in total. The van der Waals surface area contributed by atoms with Gasteiger partial charge in [-0.15, -0.1) is 0 Å². The van der Waals surface area contributed by atoms with Crippen molar-refractivity contribution < 1.29 is 9.90 Å². The summed E-state index contributed by atoms with van der Waals surface area (Å²) >= 11 is 0. The lowest BCUT2D eigenvalue weighted by atomic mass is 10.1. The van der Waals surface area contributed by atoms with Crippen molar-refractivity contribution in [1.82, 2.24) is 9.97 Å². The molecule has 1 rings (SSSR count). The van der Waals surface area contributed by atoms with Gasteiger partial charge in [-0.1, -0.05) is 0 Å². The summed E-state index contributed by atoms with van der Waals surface area (Å²) in [5.74, 6) is -1.16. The van der Waals surface area contributed by atoms with E-state index in [1.165, 1.54) is 0 Å². The summed E-state index contributed by atoms with van der Waals surface area (Å²) in [5.41, 5.74) is 10.8. The molecule has 0 fully saturated rings. The molecule has 0 saturated heterocycles. The number of carboxylic acid groups (broad SMARTS) is 1. The van der Waals surface area contributed by atoms with Gasteiger partial charge in [0.25, 0.3) is 5.56 Å². The third-order valence-electron chi connectivity index (χ3n) is 1.98. The molecule has 1 atom stereocenters. The summed E-state index contributed by atoms with van der Waals surface area (Å²) in [5, 5.41) is 8.60. The van der Waals surface area contributed by atoms with Gasteiger partial charge in [0.2, 0.25) is 5.95 Å². The number of hydrogen-bond donors (Lipinski definition) is 4. The van der Waals surface area contributed by atoms with Gasteiger partial charge in [-0.3, -0.25) is 14.6 Å². The van der Waals surface area contributed by atoms with E-state index in [2.05, 4.69) is 9.97 Å².